The van der Waals surface area contributed by atoms with Gasteiger partial charge in [-0.2, -0.15) is 0 Å². The number of aliphatic hydroxyl groups is 1. The minimum absolute atomic E-state index is 0.0774. The van der Waals surface area contributed by atoms with E-state index in [9.17, 15) is 4.79 Å². The van der Waals surface area contributed by atoms with Gasteiger partial charge in [-0.3, -0.25) is 4.79 Å². The molecule has 116 valence electrons. The zero-order chi connectivity index (χ0) is 15.3. The van der Waals surface area contributed by atoms with Crippen molar-refractivity contribution >= 4 is 5.91 Å². The second-order valence-electron chi connectivity index (χ2n) is 6.02. The molecule has 1 amide bonds. The number of aliphatic hydroxyl groups excluding tert-OH is 1. The number of benzene rings is 1. The summed E-state index contributed by atoms with van der Waals surface area (Å²) >= 11 is 0. The molecule has 2 rings (SSSR count). The molecule has 1 saturated carbocycles. The highest BCUT2D eigenvalue weighted by atomic mass is 16.5. The molecule has 0 aromatic heterocycles. The number of nitrogens with one attached hydrogen (secondary N) is 1. The number of hydrogen-bond acceptors (Lipinski definition) is 3. The van der Waals surface area contributed by atoms with Gasteiger partial charge in [0.15, 0.2) is 0 Å². The third-order valence-corrected chi connectivity index (χ3v) is 4.44. The van der Waals surface area contributed by atoms with Gasteiger partial charge in [0.1, 0.15) is 5.75 Å². The molecule has 0 radical (unpaired) electrons. The molecule has 4 nitrogen and oxygen atoms in total. The first-order chi connectivity index (χ1) is 10.1. The average molecular weight is 291 g/mol. The summed E-state index contributed by atoms with van der Waals surface area (Å²) in [6, 6.07) is 7.83. The summed E-state index contributed by atoms with van der Waals surface area (Å²) < 4.78 is 5.29. The van der Waals surface area contributed by atoms with Crippen LogP contribution in [-0.4, -0.2) is 31.3 Å². The van der Waals surface area contributed by atoms with Gasteiger partial charge in [0, 0.05) is 13.2 Å². The lowest BCUT2D eigenvalue weighted by molar-refractivity contribution is -0.126. The van der Waals surface area contributed by atoms with Crippen molar-refractivity contribution in [1.82, 2.24) is 5.32 Å². The van der Waals surface area contributed by atoms with E-state index in [-0.39, 0.29) is 18.4 Å². The van der Waals surface area contributed by atoms with Gasteiger partial charge in [0.2, 0.25) is 5.91 Å². The largest absolute Gasteiger partial charge is 0.497 e. The highest BCUT2D eigenvalue weighted by Crippen LogP contribution is 2.42. The van der Waals surface area contributed by atoms with Crippen LogP contribution in [0.5, 0.6) is 5.75 Å². The molecule has 21 heavy (non-hydrogen) atoms. The highest BCUT2D eigenvalue weighted by Gasteiger charge is 2.42. The van der Waals surface area contributed by atoms with E-state index in [4.69, 9.17) is 9.84 Å². The van der Waals surface area contributed by atoms with Crippen LogP contribution in [0.1, 0.15) is 38.2 Å². The van der Waals surface area contributed by atoms with Crippen LogP contribution in [0.3, 0.4) is 0 Å². The minimum Gasteiger partial charge on any atom is -0.497 e. The number of ether oxygens (including phenoxy) is 1. The second-order valence-corrected chi connectivity index (χ2v) is 6.02. The summed E-state index contributed by atoms with van der Waals surface area (Å²) in [6.07, 6.45) is 3.89. The zero-order valence-electron chi connectivity index (χ0n) is 12.9. The lowest BCUT2D eigenvalue weighted by Gasteiger charge is -2.29. The van der Waals surface area contributed by atoms with Gasteiger partial charge in [0.25, 0.3) is 0 Å². The smallest absolute Gasteiger partial charge is 0.230 e. The van der Waals surface area contributed by atoms with Crippen molar-refractivity contribution < 1.29 is 14.6 Å². The number of methoxy groups -OCH3 is 1. The number of carbonyl (C=O) groups is 1. The Kier molecular flexibility index (Phi) is 5.23. The molecule has 1 fully saturated rings. The number of hydrogen-bond donors (Lipinski definition) is 2. The fourth-order valence-corrected chi connectivity index (χ4v) is 3.05. The summed E-state index contributed by atoms with van der Waals surface area (Å²) in [5.41, 5.74) is 0.595. The van der Waals surface area contributed by atoms with Gasteiger partial charge in [-0.1, -0.05) is 31.9 Å². The quantitative estimate of drug-likeness (QED) is 0.845. The maximum Gasteiger partial charge on any atom is 0.230 e. The molecule has 0 saturated heterocycles. The molecule has 1 aromatic rings. The molecular formula is C17H25NO3. The Bertz CT molecular complexity index is 481. The molecule has 4 heteroatoms. The Balaban J connectivity index is 2.21. The van der Waals surface area contributed by atoms with Gasteiger partial charge in [0.05, 0.1) is 12.5 Å². The van der Waals surface area contributed by atoms with Crippen LogP contribution in [0, 0.1) is 5.92 Å². The Labute approximate surface area is 126 Å². The SMILES string of the molecule is COc1cccc(C2(C(=O)NCC(C)CO)CCCC2)c1. The topological polar surface area (TPSA) is 58.6 Å². The lowest BCUT2D eigenvalue weighted by atomic mass is 9.78. The molecule has 2 N–H and O–H groups in total. The number of amides is 1. The van der Waals surface area contributed by atoms with Crippen LogP contribution < -0.4 is 10.1 Å². The molecule has 1 aromatic carbocycles. The van der Waals surface area contributed by atoms with E-state index in [0.29, 0.717) is 6.54 Å². The fourth-order valence-electron chi connectivity index (χ4n) is 3.05. The second kappa shape index (κ2) is 6.94. The predicted molar refractivity (Wildman–Crippen MR) is 82.4 cm³/mol. The average Bonchev–Trinajstić information content (AvgIpc) is 3.03. The molecule has 0 heterocycles. The van der Waals surface area contributed by atoms with Crippen LogP contribution in [0.2, 0.25) is 0 Å². The van der Waals surface area contributed by atoms with E-state index in [0.717, 1.165) is 37.0 Å². The van der Waals surface area contributed by atoms with Crippen molar-refractivity contribution in [2.75, 3.05) is 20.3 Å². The molecule has 0 bridgehead atoms. The third-order valence-electron chi connectivity index (χ3n) is 4.44. The van der Waals surface area contributed by atoms with E-state index in [1.807, 2.05) is 31.2 Å². The Hall–Kier alpha value is -1.55. The molecule has 0 aliphatic heterocycles. The van der Waals surface area contributed by atoms with Crippen LogP contribution in [0.25, 0.3) is 0 Å². The van der Waals surface area contributed by atoms with E-state index in [1.54, 1.807) is 7.11 Å². The van der Waals surface area contributed by atoms with Crippen LogP contribution >= 0.6 is 0 Å². The predicted octanol–water partition coefficient (Wildman–Crippen LogP) is 2.25. The van der Waals surface area contributed by atoms with E-state index < -0.39 is 5.41 Å². The molecule has 1 aliphatic rings. The standard InChI is InChI=1S/C17H25NO3/c1-13(12-19)11-18-16(20)17(8-3-4-9-17)14-6-5-7-15(10-14)21-2/h5-7,10,13,19H,3-4,8-9,11-12H2,1-2H3,(H,18,20). The maximum absolute atomic E-state index is 12.8. The summed E-state index contributed by atoms with van der Waals surface area (Å²) in [4.78, 5) is 12.8. The van der Waals surface area contributed by atoms with Crippen LogP contribution in [-0.2, 0) is 10.2 Å². The molecule has 1 aliphatic carbocycles. The third kappa shape index (κ3) is 3.38. The van der Waals surface area contributed by atoms with Gasteiger partial charge < -0.3 is 15.2 Å². The van der Waals surface area contributed by atoms with Gasteiger partial charge in [-0.05, 0) is 36.5 Å². The first kappa shape index (κ1) is 15.8. The zero-order valence-corrected chi connectivity index (χ0v) is 12.9. The van der Waals surface area contributed by atoms with Crippen molar-refractivity contribution in [2.45, 2.75) is 38.0 Å². The fraction of sp³-hybridized carbons (Fsp3) is 0.588. The lowest BCUT2D eigenvalue weighted by Crippen LogP contribution is -2.44. The van der Waals surface area contributed by atoms with Gasteiger partial charge in [-0.15, -0.1) is 0 Å². The van der Waals surface area contributed by atoms with Crippen molar-refractivity contribution in [3.8, 4) is 5.75 Å². The van der Waals surface area contributed by atoms with Crippen LogP contribution in [0.15, 0.2) is 24.3 Å². The Morgan fingerprint density at radius 1 is 1.43 bits per heavy atom. The van der Waals surface area contributed by atoms with E-state index in [2.05, 4.69) is 5.32 Å². The van der Waals surface area contributed by atoms with Gasteiger partial charge in [-0.25, -0.2) is 0 Å². The maximum atomic E-state index is 12.8. The first-order valence-electron chi connectivity index (χ1n) is 7.66. The molecule has 1 atom stereocenters. The highest BCUT2D eigenvalue weighted by molar-refractivity contribution is 5.88. The van der Waals surface area contributed by atoms with Crippen molar-refractivity contribution in [3.63, 3.8) is 0 Å². The summed E-state index contributed by atoms with van der Waals surface area (Å²) in [5.74, 6) is 0.946. The van der Waals surface area contributed by atoms with Crippen molar-refractivity contribution in [2.24, 2.45) is 5.92 Å². The first-order valence-corrected chi connectivity index (χ1v) is 7.66. The summed E-state index contributed by atoms with van der Waals surface area (Å²) in [5, 5.41) is 12.1. The molecule has 0 spiro atoms. The van der Waals surface area contributed by atoms with Gasteiger partial charge >= 0.3 is 0 Å². The number of carbonyl (C=O) groups excluding carboxylic acids is 1. The normalized spacial score (nSPS) is 18.2. The van der Waals surface area contributed by atoms with Crippen molar-refractivity contribution in [1.29, 1.82) is 0 Å². The number of rotatable bonds is 6. The van der Waals surface area contributed by atoms with E-state index in [1.165, 1.54) is 0 Å². The summed E-state index contributed by atoms with van der Waals surface area (Å²) in [7, 11) is 1.64. The van der Waals surface area contributed by atoms with Crippen molar-refractivity contribution in [3.05, 3.63) is 29.8 Å². The Morgan fingerprint density at radius 2 is 2.14 bits per heavy atom. The van der Waals surface area contributed by atoms with E-state index >= 15 is 0 Å². The molecular weight excluding hydrogens is 266 g/mol. The minimum atomic E-state index is -0.441. The monoisotopic (exact) mass is 291 g/mol. The summed E-state index contributed by atoms with van der Waals surface area (Å²) in [6.45, 7) is 2.53. The van der Waals surface area contributed by atoms with Crippen LogP contribution in [0.4, 0.5) is 0 Å². The molecule has 1 unspecified atom stereocenters. The Morgan fingerprint density at radius 3 is 2.76 bits per heavy atom.